The van der Waals surface area contributed by atoms with Crippen LogP contribution in [0.15, 0.2) is 24.3 Å². The topological polar surface area (TPSA) is 66.8 Å². The SMILES string of the molecule is O=C(O)c1ccc(CC2(F)C#CCCCCC2)cc1.OCOF. The van der Waals surface area contributed by atoms with Crippen LogP contribution in [0.4, 0.5) is 8.92 Å². The Morgan fingerprint density at radius 1 is 1.26 bits per heavy atom. The van der Waals surface area contributed by atoms with Crippen molar-refractivity contribution in [2.75, 3.05) is 6.79 Å². The van der Waals surface area contributed by atoms with E-state index >= 15 is 0 Å². The van der Waals surface area contributed by atoms with E-state index in [4.69, 9.17) is 10.2 Å². The summed E-state index contributed by atoms with van der Waals surface area (Å²) in [5.74, 6) is 4.69. The van der Waals surface area contributed by atoms with Gasteiger partial charge in [-0.05, 0) is 41.5 Å². The van der Waals surface area contributed by atoms with Crippen molar-refractivity contribution >= 4 is 5.97 Å². The first-order valence-corrected chi connectivity index (χ1v) is 7.36. The zero-order valence-corrected chi connectivity index (χ0v) is 12.7. The molecule has 23 heavy (non-hydrogen) atoms. The van der Waals surface area contributed by atoms with Crippen molar-refractivity contribution in [1.82, 2.24) is 0 Å². The third kappa shape index (κ3) is 7.22. The molecule has 0 radical (unpaired) electrons. The lowest BCUT2D eigenvalue weighted by molar-refractivity contribution is -0.193. The van der Waals surface area contributed by atoms with Gasteiger partial charge in [0.15, 0.2) is 12.5 Å². The summed E-state index contributed by atoms with van der Waals surface area (Å²) in [5.41, 5.74) is -0.451. The number of rotatable bonds is 4. The van der Waals surface area contributed by atoms with Crippen LogP contribution in [0.1, 0.15) is 48.0 Å². The maximum absolute atomic E-state index is 14.7. The van der Waals surface area contributed by atoms with Gasteiger partial charge in [-0.3, -0.25) is 0 Å². The number of alkyl halides is 1. The number of carboxylic acid groups (broad SMARTS) is 1. The molecule has 0 fully saturated rings. The van der Waals surface area contributed by atoms with Crippen LogP contribution in [-0.2, 0) is 11.4 Å². The highest BCUT2D eigenvalue weighted by atomic mass is 19.3. The molecule has 1 aromatic carbocycles. The Labute approximate surface area is 134 Å². The molecule has 0 amide bonds. The second-order valence-electron chi connectivity index (χ2n) is 5.24. The minimum atomic E-state index is -1.47. The van der Waals surface area contributed by atoms with Gasteiger partial charge < -0.3 is 10.2 Å². The Kier molecular flexibility index (Phi) is 8.23. The molecule has 0 saturated carbocycles. The summed E-state index contributed by atoms with van der Waals surface area (Å²) in [5, 5.41) is 16.1. The van der Waals surface area contributed by atoms with Gasteiger partial charge in [-0.15, -0.1) is 0 Å². The van der Waals surface area contributed by atoms with Crippen molar-refractivity contribution in [2.24, 2.45) is 0 Å². The number of halogens is 2. The van der Waals surface area contributed by atoms with Crippen LogP contribution in [0, 0.1) is 11.8 Å². The molecular formula is C17H20F2O4. The van der Waals surface area contributed by atoms with Crippen molar-refractivity contribution in [3.05, 3.63) is 35.4 Å². The summed E-state index contributed by atoms with van der Waals surface area (Å²) in [4.78, 5) is 13.3. The van der Waals surface area contributed by atoms with Gasteiger partial charge in [0.1, 0.15) is 0 Å². The van der Waals surface area contributed by atoms with Gasteiger partial charge in [0.05, 0.1) is 5.56 Å². The zero-order chi connectivity index (χ0) is 17.1. The van der Waals surface area contributed by atoms with Crippen LogP contribution in [0.3, 0.4) is 0 Å². The van der Waals surface area contributed by atoms with Crippen LogP contribution in [-0.4, -0.2) is 28.6 Å². The lowest BCUT2D eigenvalue weighted by Crippen LogP contribution is -2.24. The van der Waals surface area contributed by atoms with Crippen molar-refractivity contribution in [1.29, 1.82) is 0 Å². The molecule has 1 atom stereocenters. The largest absolute Gasteiger partial charge is 0.478 e. The van der Waals surface area contributed by atoms with Gasteiger partial charge in [-0.1, -0.05) is 30.4 Å². The fourth-order valence-electron chi connectivity index (χ4n) is 2.30. The van der Waals surface area contributed by atoms with E-state index in [9.17, 15) is 13.7 Å². The minimum Gasteiger partial charge on any atom is -0.478 e. The Bertz CT molecular complexity index is 546. The molecule has 2 rings (SSSR count). The van der Waals surface area contributed by atoms with Crippen molar-refractivity contribution in [3.63, 3.8) is 0 Å². The number of carbonyl (C=O) groups is 1. The molecule has 2 N–H and O–H groups in total. The molecule has 6 heteroatoms. The second-order valence-corrected chi connectivity index (χ2v) is 5.24. The highest BCUT2D eigenvalue weighted by Gasteiger charge is 2.27. The number of hydrogen-bond acceptors (Lipinski definition) is 3. The normalized spacial score (nSPS) is 20.1. The van der Waals surface area contributed by atoms with Crippen molar-refractivity contribution in [3.8, 4) is 11.8 Å². The molecule has 1 unspecified atom stereocenters. The lowest BCUT2D eigenvalue weighted by Gasteiger charge is -2.21. The van der Waals surface area contributed by atoms with Crippen LogP contribution in [0.5, 0.6) is 0 Å². The van der Waals surface area contributed by atoms with Gasteiger partial charge in [-0.25, -0.2) is 9.18 Å². The third-order valence-corrected chi connectivity index (χ3v) is 3.42. The predicted octanol–water partition coefficient (Wildman–Crippen LogP) is 3.44. The van der Waals surface area contributed by atoms with Crippen LogP contribution < -0.4 is 0 Å². The Morgan fingerprint density at radius 2 is 1.91 bits per heavy atom. The minimum absolute atomic E-state index is 0.223. The molecule has 1 aliphatic rings. The van der Waals surface area contributed by atoms with Crippen LogP contribution in [0.2, 0.25) is 0 Å². The molecule has 0 saturated heterocycles. The first kappa shape index (κ1) is 19.1. The van der Waals surface area contributed by atoms with Gasteiger partial charge >= 0.3 is 5.97 Å². The van der Waals surface area contributed by atoms with Crippen LogP contribution >= 0.6 is 0 Å². The fourth-order valence-corrected chi connectivity index (χ4v) is 2.30. The second kappa shape index (κ2) is 9.93. The van der Waals surface area contributed by atoms with Gasteiger partial charge in [-0.2, -0.15) is 4.94 Å². The number of carboxylic acids is 1. The van der Waals surface area contributed by atoms with E-state index in [2.05, 4.69) is 16.8 Å². The molecule has 0 heterocycles. The van der Waals surface area contributed by atoms with Gasteiger partial charge in [0.25, 0.3) is 0 Å². The zero-order valence-electron chi connectivity index (χ0n) is 12.7. The summed E-state index contributed by atoms with van der Waals surface area (Å²) in [6.45, 7) is -0.847. The van der Waals surface area contributed by atoms with Crippen molar-refractivity contribution < 1.29 is 28.9 Å². The van der Waals surface area contributed by atoms with E-state index in [-0.39, 0.29) is 12.0 Å². The molecule has 0 aromatic heterocycles. The Morgan fingerprint density at radius 3 is 2.48 bits per heavy atom. The predicted molar refractivity (Wildman–Crippen MR) is 81.1 cm³/mol. The quantitative estimate of drug-likeness (QED) is 0.657. The summed E-state index contributed by atoms with van der Waals surface area (Å²) in [6, 6.07) is 6.37. The lowest BCUT2D eigenvalue weighted by atomic mass is 9.89. The summed E-state index contributed by atoms with van der Waals surface area (Å²) < 4.78 is 24.6. The van der Waals surface area contributed by atoms with Crippen molar-refractivity contribution in [2.45, 2.75) is 44.2 Å². The number of aromatic carboxylic acids is 1. The summed E-state index contributed by atoms with van der Waals surface area (Å²) in [7, 11) is 0. The Hall–Kier alpha value is -1.97. The van der Waals surface area contributed by atoms with E-state index in [1.807, 2.05) is 0 Å². The van der Waals surface area contributed by atoms with E-state index < -0.39 is 18.4 Å². The molecule has 0 bridgehead atoms. The van der Waals surface area contributed by atoms with Gasteiger partial charge in [0.2, 0.25) is 0 Å². The van der Waals surface area contributed by atoms with E-state index in [1.165, 1.54) is 12.1 Å². The monoisotopic (exact) mass is 326 g/mol. The fraction of sp³-hybridized carbons (Fsp3) is 0.471. The average Bonchev–Trinajstić information content (AvgIpc) is 2.52. The molecule has 1 aliphatic carbocycles. The summed E-state index contributed by atoms with van der Waals surface area (Å²) in [6.07, 6.45) is 4.40. The van der Waals surface area contributed by atoms with E-state index in [0.717, 1.165) is 31.2 Å². The molecular weight excluding hydrogens is 306 g/mol. The number of aliphatic hydroxyl groups is 1. The van der Waals surface area contributed by atoms with Crippen LogP contribution in [0.25, 0.3) is 0 Å². The number of benzene rings is 1. The van der Waals surface area contributed by atoms with E-state index in [1.54, 1.807) is 12.1 Å². The van der Waals surface area contributed by atoms with E-state index in [0.29, 0.717) is 6.42 Å². The standard InChI is InChI=1S/C16H17FO2.CH3FO2/c17-16(10-4-2-1-3-5-11-16)12-13-6-8-14(9-7-13)15(18)19;2-4-1-3/h6-9H,1-4,10,12H2,(H,18,19);3H,1H2. The highest BCUT2D eigenvalue weighted by molar-refractivity contribution is 5.87. The maximum atomic E-state index is 14.7. The average molecular weight is 326 g/mol. The molecule has 0 aliphatic heterocycles. The molecule has 4 nitrogen and oxygen atoms in total. The third-order valence-electron chi connectivity index (χ3n) is 3.42. The highest BCUT2D eigenvalue weighted by Crippen LogP contribution is 2.26. The van der Waals surface area contributed by atoms with Gasteiger partial charge in [0, 0.05) is 12.8 Å². The Balaban J connectivity index is 0.000000593. The number of hydrogen-bond donors (Lipinski definition) is 2. The molecule has 0 spiro atoms. The smallest absolute Gasteiger partial charge is 0.335 e. The first-order valence-electron chi connectivity index (χ1n) is 7.36. The first-order chi connectivity index (χ1) is 11.0. The molecule has 126 valence electrons. The summed E-state index contributed by atoms with van der Waals surface area (Å²) >= 11 is 0. The maximum Gasteiger partial charge on any atom is 0.335 e. The number of aliphatic hydroxyl groups excluding tert-OH is 1. The molecule has 1 aromatic rings.